The van der Waals surface area contributed by atoms with Crippen molar-refractivity contribution < 1.29 is 39.4 Å². The highest BCUT2D eigenvalue weighted by Gasteiger charge is 2.17. The minimum absolute atomic E-state index is 0.0973. The zero-order chi connectivity index (χ0) is 20.0. The van der Waals surface area contributed by atoms with Crippen molar-refractivity contribution in [1.82, 2.24) is 0 Å². The summed E-state index contributed by atoms with van der Waals surface area (Å²) in [5.41, 5.74) is 6.22. The smallest absolute Gasteiger partial charge is 0.332 e. The summed E-state index contributed by atoms with van der Waals surface area (Å²) in [6.07, 6.45) is 0. The summed E-state index contributed by atoms with van der Waals surface area (Å²) in [5, 5.41) is 2.89. The lowest BCUT2D eigenvalue weighted by Gasteiger charge is -2.12. The maximum absolute atomic E-state index is 13.3. The minimum Gasteiger partial charge on any atom is -0.495 e. The van der Waals surface area contributed by atoms with Crippen LogP contribution in [0.15, 0.2) is 46.2 Å². The number of anilines is 2. The number of methoxy groups -OCH3 is 1. The van der Waals surface area contributed by atoms with E-state index >= 15 is 0 Å². The average Bonchev–Trinajstić information content (AvgIpc) is 2.59. The van der Waals surface area contributed by atoms with Gasteiger partial charge in [-0.05, 0) is 40.0 Å². The Morgan fingerprint density at radius 3 is 2.59 bits per heavy atom. The fraction of sp³-hybridized carbons (Fsp3) is 0.0769. The van der Waals surface area contributed by atoms with E-state index in [4.69, 9.17) is 14.7 Å². The Hall–Kier alpha value is -2.13. The molecule has 0 bridgehead atoms. The van der Waals surface area contributed by atoms with Gasteiger partial charge in [-0.15, -0.1) is 8.22 Å². The summed E-state index contributed by atoms with van der Waals surface area (Å²) in [5.74, 6) is -0.00152. The van der Waals surface area contributed by atoms with Gasteiger partial charge in [-0.2, -0.15) is 12.6 Å². The predicted molar refractivity (Wildman–Crippen MR) is 93.7 cm³/mol. The fourth-order valence-electron chi connectivity index (χ4n) is 1.84. The van der Waals surface area contributed by atoms with Gasteiger partial charge in [0.05, 0.1) is 24.8 Å². The van der Waals surface area contributed by atoms with Crippen molar-refractivity contribution in [1.29, 1.82) is 0 Å². The van der Waals surface area contributed by atoms with Gasteiger partial charge in [0, 0.05) is 16.6 Å². The molecule has 0 fully saturated rings. The van der Waals surface area contributed by atoms with Crippen molar-refractivity contribution in [3.05, 3.63) is 36.4 Å². The van der Waals surface area contributed by atoms with Crippen LogP contribution in [0.4, 0.5) is 19.8 Å². The topological polar surface area (TPSA) is 126 Å². The number of nitrogens with one attached hydrogen (secondary N) is 1. The first-order valence-corrected chi connectivity index (χ1v) is 9.95. The molecule has 3 N–H and O–H groups in total. The third kappa shape index (κ3) is 6.21. The van der Waals surface area contributed by atoms with Crippen molar-refractivity contribution >= 4 is 44.9 Å². The molecule has 1 atom stereocenters. The Kier molecular flexibility index (Phi) is 7.20. The summed E-state index contributed by atoms with van der Waals surface area (Å²) in [7, 11) is -3.74. The molecule has 0 saturated carbocycles. The van der Waals surface area contributed by atoms with Gasteiger partial charge in [-0.25, -0.2) is 0 Å². The molecule has 0 radical (unpaired) electrons. The Morgan fingerprint density at radius 1 is 1.22 bits per heavy atom. The van der Waals surface area contributed by atoms with Gasteiger partial charge in [0.15, 0.2) is 0 Å². The van der Waals surface area contributed by atoms with E-state index in [1.54, 1.807) is 6.07 Å². The van der Waals surface area contributed by atoms with Crippen molar-refractivity contribution in [3.8, 4) is 11.5 Å². The second-order valence-electron chi connectivity index (χ2n) is 4.67. The van der Waals surface area contributed by atoms with Crippen LogP contribution in [0.25, 0.3) is 0 Å². The SMILES string of the molecule is COc1ccc(N)cc1NS(=O)Oc1cc(SOOF)cc(S(=O)(=O)F)c1. The lowest BCUT2D eigenvalue weighted by molar-refractivity contribution is -0.358. The molecule has 2 aromatic rings. The van der Waals surface area contributed by atoms with Gasteiger partial charge in [-0.3, -0.25) is 4.72 Å². The molecular weight excluding hydrogens is 430 g/mol. The molecule has 0 heterocycles. The van der Waals surface area contributed by atoms with Crippen LogP contribution < -0.4 is 19.4 Å². The molecule has 0 spiro atoms. The van der Waals surface area contributed by atoms with E-state index in [9.17, 15) is 21.0 Å². The van der Waals surface area contributed by atoms with E-state index in [0.717, 1.165) is 18.2 Å². The van der Waals surface area contributed by atoms with Gasteiger partial charge in [0.1, 0.15) is 16.4 Å². The number of ether oxygens (including phenoxy) is 1. The van der Waals surface area contributed by atoms with Crippen LogP contribution in [0, 0.1) is 0 Å². The van der Waals surface area contributed by atoms with Crippen LogP contribution in [-0.4, -0.2) is 19.7 Å². The third-order valence-electron chi connectivity index (χ3n) is 2.88. The zero-order valence-electron chi connectivity index (χ0n) is 13.4. The Labute approximate surface area is 159 Å². The normalized spacial score (nSPS) is 12.4. The molecule has 2 aromatic carbocycles. The molecule has 0 saturated heterocycles. The number of halogens is 2. The van der Waals surface area contributed by atoms with Crippen molar-refractivity contribution in [3.63, 3.8) is 0 Å². The number of hydrogen-bond donors (Lipinski definition) is 2. The first-order chi connectivity index (χ1) is 12.7. The molecule has 14 heteroatoms. The van der Waals surface area contributed by atoms with E-state index in [2.05, 4.69) is 14.1 Å². The lowest BCUT2D eigenvalue weighted by atomic mass is 10.2. The molecule has 0 aliphatic rings. The van der Waals surface area contributed by atoms with Gasteiger partial charge in [0.2, 0.25) is 0 Å². The number of rotatable bonds is 9. The van der Waals surface area contributed by atoms with Crippen LogP contribution in [0.5, 0.6) is 11.5 Å². The van der Waals surface area contributed by atoms with Crippen LogP contribution in [0.3, 0.4) is 0 Å². The maximum atomic E-state index is 13.3. The van der Waals surface area contributed by atoms with E-state index in [1.807, 2.05) is 0 Å². The van der Waals surface area contributed by atoms with Crippen molar-refractivity contribution in [2.24, 2.45) is 0 Å². The fourth-order valence-corrected chi connectivity index (χ4v) is 3.53. The summed E-state index contributed by atoms with van der Waals surface area (Å²) in [6.45, 7) is 0. The summed E-state index contributed by atoms with van der Waals surface area (Å²) < 4.78 is 75.8. The van der Waals surface area contributed by atoms with E-state index in [1.165, 1.54) is 19.2 Å². The van der Waals surface area contributed by atoms with Gasteiger partial charge in [-0.1, -0.05) is 0 Å². The van der Waals surface area contributed by atoms with Crippen molar-refractivity contribution in [2.45, 2.75) is 9.79 Å². The Morgan fingerprint density at radius 2 is 1.96 bits per heavy atom. The zero-order valence-corrected chi connectivity index (χ0v) is 15.8. The van der Waals surface area contributed by atoms with Crippen LogP contribution in [0.2, 0.25) is 0 Å². The van der Waals surface area contributed by atoms with Crippen LogP contribution >= 0.6 is 12.0 Å². The van der Waals surface area contributed by atoms with E-state index in [0.29, 0.717) is 11.4 Å². The quantitative estimate of drug-likeness (QED) is 0.198. The Balaban J connectivity index is 2.25. The highest BCUT2D eigenvalue weighted by Crippen LogP contribution is 2.31. The number of hydrogen-bond acceptors (Lipinski definition) is 9. The van der Waals surface area contributed by atoms with Crippen LogP contribution in [-0.2, 0) is 30.9 Å². The van der Waals surface area contributed by atoms with Gasteiger partial charge < -0.3 is 14.7 Å². The third-order valence-corrected chi connectivity index (χ3v) is 4.96. The lowest BCUT2D eigenvalue weighted by Crippen LogP contribution is -2.12. The van der Waals surface area contributed by atoms with Gasteiger partial charge >= 0.3 is 21.5 Å². The number of nitrogen functional groups attached to an aromatic ring is 1. The van der Waals surface area contributed by atoms with Crippen LogP contribution in [0.1, 0.15) is 0 Å². The molecule has 2 rings (SSSR count). The summed E-state index contributed by atoms with van der Waals surface area (Å²) in [6, 6.07) is 7.24. The molecule has 0 aliphatic heterocycles. The first kappa shape index (κ1) is 21.2. The average molecular weight is 442 g/mol. The summed E-state index contributed by atoms with van der Waals surface area (Å²) in [4.78, 5) is -0.914. The highest BCUT2D eigenvalue weighted by molar-refractivity contribution is 7.94. The molecule has 9 nitrogen and oxygen atoms in total. The van der Waals surface area contributed by atoms with Gasteiger partial charge in [0.25, 0.3) is 0 Å². The van der Waals surface area contributed by atoms with E-state index in [-0.39, 0.29) is 28.4 Å². The molecule has 0 amide bonds. The highest BCUT2D eigenvalue weighted by atomic mass is 32.3. The molecular formula is C13H12F2N2O7S3. The number of benzene rings is 2. The minimum atomic E-state index is -5.12. The molecule has 148 valence electrons. The van der Waals surface area contributed by atoms with Crippen molar-refractivity contribution in [2.75, 3.05) is 17.6 Å². The second-order valence-corrected chi connectivity index (χ2v) is 7.63. The van der Waals surface area contributed by atoms with E-state index < -0.39 is 26.4 Å². The first-order valence-electron chi connectivity index (χ1n) is 6.75. The standard InChI is InChI=1S/C13H12F2N2O7S3/c1-21-13-3-2-8(16)4-12(13)17-26(18)22-9-5-10(25-24-23-14)7-11(6-9)27(15,19)20/h2-7,17H,16H2,1H3. The molecule has 0 aliphatic carbocycles. The molecule has 27 heavy (non-hydrogen) atoms. The largest absolute Gasteiger partial charge is 0.495 e. The number of nitrogens with two attached hydrogens (primary N) is 1. The molecule has 1 unspecified atom stereocenters. The predicted octanol–water partition coefficient (Wildman–Crippen LogP) is 2.85. The monoisotopic (exact) mass is 442 g/mol. The second kappa shape index (κ2) is 9.18. The maximum Gasteiger partial charge on any atom is 0.332 e. The Bertz CT molecular complexity index is 944. The molecule has 0 aromatic heterocycles. The summed E-state index contributed by atoms with van der Waals surface area (Å²) >= 11 is -2.01.